The van der Waals surface area contributed by atoms with E-state index in [4.69, 9.17) is 0 Å². The van der Waals surface area contributed by atoms with Crippen molar-refractivity contribution in [3.63, 3.8) is 0 Å². The minimum atomic E-state index is -0.248. The van der Waals surface area contributed by atoms with E-state index in [9.17, 15) is 9.50 Å². The third-order valence-electron chi connectivity index (χ3n) is 4.10. The number of aryl methyl sites for hydroxylation is 2. The number of hydrogen-bond donors (Lipinski definition) is 3. The molecule has 0 atom stereocenters. The van der Waals surface area contributed by atoms with Gasteiger partial charge in [-0.2, -0.15) is 5.10 Å². The van der Waals surface area contributed by atoms with Gasteiger partial charge in [0.05, 0.1) is 15.9 Å². The number of nitrogens with zero attached hydrogens (tertiary/aromatic N) is 2. The number of benzene rings is 1. The van der Waals surface area contributed by atoms with Gasteiger partial charge >= 0.3 is 0 Å². The third kappa shape index (κ3) is 3.10. The van der Waals surface area contributed by atoms with Gasteiger partial charge in [0.25, 0.3) is 0 Å². The van der Waals surface area contributed by atoms with E-state index in [1.54, 1.807) is 19.1 Å². The largest absolute Gasteiger partial charge is 0.506 e. The van der Waals surface area contributed by atoms with Crippen molar-refractivity contribution in [2.24, 2.45) is 0 Å². The maximum absolute atomic E-state index is 13.0. The van der Waals surface area contributed by atoms with Gasteiger partial charge in [-0.1, -0.05) is 26.0 Å². The lowest BCUT2D eigenvalue weighted by atomic mass is 10.1. The molecular formula is C19H21FN4OS. The van der Waals surface area contributed by atoms with Crippen LogP contribution >= 0.6 is 11.3 Å². The van der Waals surface area contributed by atoms with Crippen LogP contribution in [0.25, 0.3) is 20.4 Å². The number of thiophene rings is 1. The van der Waals surface area contributed by atoms with Crippen LogP contribution in [0.5, 0.6) is 5.75 Å². The number of hydrogen-bond acceptors (Lipinski definition) is 5. The fourth-order valence-corrected chi connectivity index (χ4v) is 3.98. The minimum Gasteiger partial charge on any atom is -0.506 e. The number of aromatic nitrogens is 3. The van der Waals surface area contributed by atoms with Crippen molar-refractivity contribution in [3.8, 4) is 5.75 Å². The van der Waals surface area contributed by atoms with Gasteiger partial charge in [-0.15, -0.1) is 11.3 Å². The molecule has 0 aliphatic heterocycles. The van der Waals surface area contributed by atoms with Gasteiger partial charge in [0.1, 0.15) is 16.4 Å². The van der Waals surface area contributed by atoms with Crippen LogP contribution in [-0.4, -0.2) is 20.3 Å². The van der Waals surface area contributed by atoms with Crippen molar-refractivity contribution in [3.05, 3.63) is 46.9 Å². The summed E-state index contributed by atoms with van der Waals surface area (Å²) in [5.41, 5.74) is 3.27. The zero-order valence-corrected chi connectivity index (χ0v) is 16.0. The molecule has 0 saturated heterocycles. The molecule has 0 aliphatic carbocycles. The number of nitrogens with one attached hydrogen (secondary N) is 2. The summed E-state index contributed by atoms with van der Waals surface area (Å²) >= 11 is 1.53. The molecule has 7 heteroatoms. The van der Waals surface area contributed by atoms with Gasteiger partial charge in [-0.05, 0) is 31.5 Å². The van der Waals surface area contributed by atoms with Crippen LogP contribution in [0, 0.1) is 19.7 Å². The summed E-state index contributed by atoms with van der Waals surface area (Å²) in [4.78, 5) is 5.34. The molecule has 0 unspecified atom stereocenters. The molecule has 0 saturated carbocycles. The lowest BCUT2D eigenvalue weighted by molar-refractivity contribution is 0.465. The molecule has 0 fully saturated rings. The summed E-state index contributed by atoms with van der Waals surface area (Å²) in [6, 6.07) is 6.36. The normalized spacial score (nSPS) is 10.8. The molecule has 0 bridgehead atoms. The van der Waals surface area contributed by atoms with Crippen LogP contribution in [-0.2, 0) is 6.54 Å². The molecule has 0 amide bonds. The van der Waals surface area contributed by atoms with Gasteiger partial charge in [-0.3, -0.25) is 5.10 Å². The number of anilines is 1. The summed E-state index contributed by atoms with van der Waals surface area (Å²) in [6.07, 6.45) is 0. The maximum Gasteiger partial charge on any atom is 0.166 e. The van der Waals surface area contributed by atoms with Crippen molar-refractivity contribution in [2.75, 3.05) is 5.32 Å². The molecule has 3 aromatic heterocycles. The smallest absolute Gasteiger partial charge is 0.166 e. The molecular weight excluding hydrogens is 351 g/mol. The molecule has 5 nitrogen and oxygen atoms in total. The average Bonchev–Trinajstić information content (AvgIpc) is 3.20. The van der Waals surface area contributed by atoms with Crippen LogP contribution in [0.3, 0.4) is 0 Å². The predicted molar refractivity (Wildman–Crippen MR) is 105 cm³/mol. The molecule has 3 N–H and O–H groups in total. The molecule has 136 valence electrons. The van der Waals surface area contributed by atoms with Gasteiger partial charge in [0.15, 0.2) is 5.82 Å². The Hall–Kier alpha value is -2.67. The van der Waals surface area contributed by atoms with E-state index in [0.717, 1.165) is 37.4 Å². The first-order chi connectivity index (χ1) is 12.5. The summed E-state index contributed by atoms with van der Waals surface area (Å²) < 4.78 is 13.9. The molecule has 26 heavy (non-hydrogen) atoms. The van der Waals surface area contributed by atoms with E-state index in [2.05, 4.69) is 20.5 Å². The SMILES string of the molecule is CC.Cc1nc2sc3c(NCc4ccc(F)cc4)n[nH]c3c2c(C)c1O. The number of aromatic hydroxyl groups is 1. The van der Waals surface area contributed by atoms with Gasteiger partial charge in [-0.25, -0.2) is 9.37 Å². The molecule has 3 heterocycles. The lowest BCUT2D eigenvalue weighted by Gasteiger charge is -2.03. The number of H-pyrrole nitrogens is 1. The van der Waals surface area contributed by atoms with Crippen LogP contribution in [0.4, 0.5) is 10.2 Å². The van der Waals surface area contributed by atoms with E-state index in [0.29, 0.717) is 12.2 Å². The highest BCUT2D eigenvalue weighted by Gasteiger charge is 2.18. The number of aromatic amines is 1. The molecule has 1 aromatic carbocycles. The summed E-state index contributed by atoms with van der Waals surface area (Å²) in [7, 11) is 0. The van der Waals surface area contributed by atoms with Crippen LogP contribution in [0.1, 0.15) is 30.7 Å². The average molecular weight is 372 g/mol. The van der Waals surface area contributed by atoms with Gasteiger partial charge in [0, 0.05) is 17.5 Å². The third-order valence-corrected chi connectivity index (χ3v) is 5.19. The Labute approximate surface area is 154 Å². The predicted octanol–water partition coefficient (Wildman–Crippen LogP) is 5.27. The van der Waals surface area contributed by atoms with Crippen molar-refractivity contribution >= 4 is 37.6 Å². The number of pyridine rings is 1. The molecule has 0 aliphatic rings. The highest BCUT2D eigenvalue weighted by molar-refractivity contribution is 7.26. The Kier molecular flexibility index (Phi) is 5.08. The molecule has 0 radical (unpaired) electrons. The standard InChI is InChI=1S/C17H15FN4OS.C2H6/c1-8-12-13-15(24-17(12)20-9(2)14(8)23)16(22-21-13)19-7-10-3-5-11(18)6-4-10;1-2/h3-6,23H,7H2,1-2H3,(H2,19,21,22);1-2H3. The first-order valence-corrected chi connectivity index (χ1v) is 9.31. The quantitative estimate of drug-likeness (QED) is 0.458. The first-order valence-electron chi connectivity index (χ1n) is 8.49. The Balaban J connectivity index is 0.000000948. The van der Waals surface area contributed by atoms with E-state index < -0.39 is 0 Å². The van der Waals surface area contributed by atoms with Gasteiger partial charge < -0.3 is 10.4 Å². The summed E-state index contributed by atoms with van der Waals surface area (Å²) in [6.45, 7) is 8.22. The Morgan fingerprint density at radius 1 is 1.19 bits per heavy atom. The maximum atomic E-state index is 13.0. The summed E-state index contributed by atoms with van der Waals surface area (Å²) in [5.74, 6) is 0.702. The number of fused-ring (bicyclic) bond motifs is 3. The zero-order chi connectivity index (χ0) is 18.8. The highest BCUT2D eigenvalue weighted by atomic mass is 32.1. The monoisotopic (exact) mass is 372 g/mol. The molecule has 4 rings (SSSR count). The number of halogens is 1. The van der Waals surface area contributed by atoms with E-state index >= 15 is 0 Å². The first kappa shape index (κ1) is 18.1. The van der Waals surface area contributed by atoms with Gasteiger partial charge in [0.2, 0.25) is 0 Å². The minimum absolute atomic E-state index is 0.220. The molecule has 4 aromatic rings. The number of rotatable bonds is 3. The lowest BCUT2D eigenvalue weighted by Crippen LogP contribution is -1.99. The highest BCUT2D eigenvalue weighted by Crippen LogP contribution is 2.40. The van der Waals surface area contributed by atoms with Crippen molar-refractivity contribution in [1.29, 1.82) is 0 Å². The van der Waals surface area contributed by atoms with Crippen molar-refractivity contribution in [1.82, 2.24) is 15.2 Å². The Morgan fingerprint density at radius 2 is 1.88 bits per heavy atom. The van der Waals surface area contributed by atoms with Crippen LogP contribution in [0.2, 0.25) is 0 Å². The van der Waals surface area contributed by atoms with E-state index in [1.165, 1.54) is 23.5 Å². The van der Waals surface area contributed by atoms with Crippen LogP contribution in [0.15, 0.2) is 24.3 Å². The second-order valence-corrected chi connectivity index (χ2v) is 6.71. The van der Waals surface area contributed by atoms with Crippen molar-refractivity contribution < 1.29 is 9.50 Å². The topological polar surface area (TPSA) is 73.8 Å². The fourth-order valence-electron chi connectivity index (χ4n) is 2.78. The zero-order valence-electron chi connectivity index (χ0n) is 15.1. The second kappa shape index (κ2) is 7.29. The summed E-state index contributed by atoms with van der Waals surface area (Å²) in [5, 5.41) is 21.6. The Morgan fingerprint density at radius 3 is 2.58 bits per heavy atom. The van der Waals surface area contributed by atoms with E-state index in [-0.39, 0.29) is 11.6 Å². The molecule has 0 spiro atoms. The van der Waals surface area contributed by atoms with E-state index in [1.807, 2.05) is 20.8 Å². The second-order valence-electron chi connectivity index (χ2n) is 5.71. The fraction of sp³-hybridized carbons (Fsp3) is 0.263. The van der Waals surface area contributed by atoms with Crippen molar-refractivity contribution in [2.45, 2.75) is 34.2 Å². The Bertz CT molecular complexity index is 1050. The van der Waals surface area contributed by atoms with Crippen LogP contribution < -0.4 is 5.32 Å².